The van der Waals surface area contributed by atoms with Crippen molar-refractivity contribution < 1.29 is 14.3 Å². The molecule has 1 aromatic rings. The van der Waals surface area contributed by atoms with Crippen LogP contribution in [-0.4, -0.2) is 42.5 Å². The molecule has 6 heteroatoms. The maximum atomic E-state index is 13.2. The number of aryl methyl sites for hydroxylation is 1. The summed E-state index contributed by atoms with van der Waals surface area (Å²) in [4.78, 5) is 29.0. The van der Waals surface area contributed by atoms with Crippen LogP contribution in [0, 0.1) is 0 Å². The minimum Gasteiger partial charge on any atom is -0.368 e. The van der Waals surface area contributed by atoms with Gasteiger partial charge in [0.15, 0.2) is 0 Å². The Morgan fingerprint density at radius 1 is 1.04 bits per heavy atom. The second kappa shape index (κ2) is 7.46. The average Bonchev–Trinajstić information content (AvgIpc) is 3.29. The van der Waals surface area contributed by atoms with E-state index in [1.54, 1.807) is 11.3 Å². The van der Waals surface area contributed by atoms with E-state index in [0.717, 1.165) is 68.6 Å². The highest BCUT2D eigenvalue weighted by atomic mass is 32.1. The Bertz CT molecular complexity index is 658. The largest absolute Gasteiger partial charge is 0.368 e. The normalized spacial score (nSPS) is 23.4. The second-order valence-corrected chi connectivity index (χ2v) is 8.36. The fourth-order valence-electron chi connectivity index (χ4n) is 4.11. The van der Waals surface area contributed by atoms with Crippen molar-refractivity contribution in [2.75, 3.05) is 25.0 Å². The highest BCUT2D eigenvalue weighted by molar-refractivity contribution is 7.17. The number of piperidine rings is 1. The number of thiophene rings is 1. The van der Waals surface area contributed by atoms with Crippen molar-refractivity contribution in [3.8, 4) is 0 Å². The van der Waals surface area contributed by atoms with Crippen LogP contribution in [0.15, 0.2) is 0 Å². The molecular weight excluding hydrogens is 336 g/mol. The standard InChI is InChI=1S/C19H26N2O3S/c22-17(14-8-6-12-24-14)20-18-16(13-7-2-3-9-15(13)25-18)19(23)21-10-4-1-5-11-21/h14H,1-12H2,(H,20,22)/t14-/m0/s1. The van der Waals surface area contributed by atoms with Crippen molar-refractivity contribution >= 4 is 28.2 Å². The first-order chi connectivity index (χ1) is 12.2. The van der Waals surface area contributed by atoms with Gasteiger partial charge in [-0.15, -0.1) is 11.3 Å². The van der Waals surface area contributed by atoms with Crippen LogP contribution < -0.4 is 5.32 Å². The van der Waals surface area contributed by atoms with Gasteiger partial charge in [0.05, 0.1) is 5.56 Å². The maximum Gasteiger partial charge on any atom is 0.257 e. The summed E-state index contributed by atoms with van der Waals surface area (Å²) in [5.74, 6) is 0.0190. The first-order valence-corrected chi connectivity index (χ1v) is 10.4. The first-order valence-electron chi connectivity index (χ1n) is 9.60. The highest BCUT2D eigenvalue weighted by Crippen LogP contribution is 2.39. The number of hydrogen-bond donors (Lipinski definition) is 1. The molecule has 0 unspecified atom stereocenters. The first kappa shape index (κ1) is 17.0. The van der Waals surface area contributed by atoms with Gasteiger partial charge in [0.2, 0.25) is 0 Å². The Morgan fingerprint density at radius 3 is 2.60 bits per heavy atom. The van der Waals surface area contributed by atoms with E-state index in [-0.39, 0.29) is 17.9 Å². The molecule has 2 aliphatic heterocycles. The second-order valence-electron chi connectivity index (χ2n) is 7.26. The van der Waals surface area contributed by atoms with Gasteiger partial charge in [0.1, 0.15) is 11.1 Å². The molecule has 1 aromatic heterocycles. The van der Waals surface area contributed by atoms with E-state index < -0.39 is 0 Å². The van der Waals surface area contributed by atoms with Gasteiger partial charge in [-0.25, -0.2) is 0 Å². The number of rotatable bonds is 3. The summed E-state index contributed by atoms with van der Waals surface area (Å²) in [5, 5.41) is 3.79. The lowest BCUT2D eigenvalue weighted by atomic mass is 9.94. The molecule has 1 atom stereocenters. The Labute approximate surface area is 152 Å². The minimum atomic E-state index is -0.364. The molecule has 2 fully saturated rings. The van der Waals surface area contributed by atoms with Gasteiger partial charge in [-0.2, -0.15) is 0 Å². The molecule has 5 nitrogen and oxygen atoms in total. The molecule has 0 spiro atoms. The zero-order valence-corrected chi connectivity index (χ0v) is 15.5. The molecule has 1 aliphatic carbocycles. The van der Waals surface area contributed by atoms with Crippen molar-refractivity contribution in [1.82, 2.24) is 4.90 Å². The fourth-order valence-corrected chi connectivity index (χ4v) is 5.40. The van der Waals surface area contributed by atoms with Crippen LogP contribution in [0.5, 0.6) is 0 Å². The number of ether oxygens (including phenoxy) is 1. The molecule has 2 saturated heterocycles. The topological polar surface area (TPSA) is 58.6 Å². The highest BCUT2D eigenvalue weighted by Gasteiger charge is 2.31. The van der Waals surface area contributed by atoms with Crippen molar-refractivity contribution in [2.24, 2.45) is 0 Å². The third-order valence-electron chi connectivity index (χ3n) is 5.49. The van der Waals surface area contributed by atoms with Crippen molar-refractivity contribution in [2.45, 2.75) is 63.9 Å². The SMILES string of the molecule is O=C(Nc1sc2c(c1C(=O)N1CCCCC1)CCCC2)[C@@H]1CCCO1. The predicted octanol–water partition coefficient (Wildman–Crippen LogP) is 3.37. The Kier molecular flexibility index (Phi) is 5.08. The molecule has 3 aliphatic rings. The monoisotopic (exact) mass is 362 g/mol. The van der Waals surface area contributed by atoms with Crippen molar-refractivity contribution in [3.63, 3.8) is 0 Å². The van der Waals surface area contributed by atoms with Gasteiger partial charge in [-0.05, 0) is 63.4 Å². The molecule has 0 aromatic carbocycles. The van der Waals surface area contributed by atoms with Gasteiger partial charge >= 0.3 is 0 Å². The van der Waals surface area contributed by atoms with Gasteiger partial charge in [-0.3, -0.25) is 9.59 Å². The van der Waals surface area contributed by atoms with Crippen LogP contribution >= 0.6 is 11.3 Å². The number of likely N-dealkylation sites (tertiary alicyclic amines) is 1. The van der Waals surface area contributed by atoms with Gasteiger partial charge in [-0.1, -0.05) is 0 Å². The molecular formula is C19H26N2O3S. The summed E-state index contributed by atoms with van der Waals surface area (Å²) in [7, 11) is 0. The van der Waals surface area contributed by atoms with E-state index in [1.807, 2.05) is 4.90 Å². The Morgan fingerprint density at radius 2 is 1.84 bits per heavy atom. The van der Waals surface area contributed by atoms with Crippen LogP contribution in [0.3, 0.4) is 0 Å². The predicted molar refractivity (Wildman–Crippen MR) is 98.3 cm³/mol. The number of carbonyl (C=O) groups is 2. The van der Waals surface area contributed by atoms with E-state index in [2.05, 4.69) is 5.32 Å². The van der Waals surface area contributed by atoms with Crippen LogP contribution in [-0.2, 0) is 22.4 Å². The van der Waals surface area contributed by atoms with Crippen LogP contribution in [0.1, 0.15) is 65.7 Å². The molecule has 25 heavy (non-hydrogen) atoms. The molecule has 0 bridgehead atoms. The maximum absolute atomic E-state index is 13.2. The van der Waals surface area contributed by atoms with Crippen molar-refractivity contribution in [3.05, 3.63) is 16.0 Å². The third kappa shape index (κ3) is 3.47. The number of hydrogen-bond acceptors (Lipinski definition) is 4. The molecule has 3 heterocycles. The van der Waals surface area contributed by atoms with Crippen LogP contribution in [0.4, 0.5) is 5.00 Å². The minimum absolute atomic E-state index is 0.0937. The van der Waals surface area contributed by atoms with E-state index in [0.29, 0.717) is 6.61 Å². The van der Waals surface area contributed by atoms with Gasteiger partial charge in [0.25, 0.3) is 11.8 Å². The van der Waals surface area contributed by atoms with Gasteiger partial charge < -0.3 is 15.0 Å². The quantitative estimate of drug-likeness (QED) is 0.897. The summed E-state index contributed by atoms with van der Waals surface area (Å²) in [6, 6.07) is 0. The summed E-state index contributed by atoms with van der Waals surface area (Å²) in [5.41, 5.74) is 1.96. The smallest absolute Gasteiger partial charge is 0.257 e. The zero-order chi connectivity index (χ0) is 17.2. The lowest BCUT2D eigenvalue weighted by molar-refractivity contribution is -0.124. The lowest BCUT2D eigenvalue weighted by Gasteiger charge is -2.27. The number of fused-ring (bicyclic) bond motifs is 1. The molecule has 2 amide bonds. The summed E-state index contributed by atoms with van der Waals surface area (Å²) in [6.07, 6.45) is 8.97. The molecule has 0 saturated carbocycles. The molecule has 4 rings (SSSR count). The van der Waals surface area contributed by atoms with E-state index >= 15 is 0 Å². The summed E-state index contributed by atoms with van der Waals surface area (Å²) >= 11 is 1.61. The average molecular weight is 362 g/mol. The van der Waals surface area contributed by atoms with Crippen LogP contribution in [0.25, 0.3) is 0 Å². The Balaban J connectivity index is 1.62. The summed E-state index contributed by atoms with van der Waals surface area (Å²) < 4.78 is 5.50. The Hall–Kier alpha value is -1.40. The lowest BCUT2D eigenvalue weighted by Crippen LogP contribution is -2.36. The summed E-state index contributed by atoms with van der Waals surface area (Å²) in [6.45, 7) is 2.32. The number of carbonyl (C=O) groups excluding carboxylic acids is 2. The fraction of sp³-hybridized carbons (Fsp3) is 0.684. The van der Waals surface area contributed by atoms with Crippen LogP contribution in [0.2, 0.25) is 0 Å². The van der Waals surface area contributed by atoms with E-state index in [4.69, 9.17) is 4.74 Å². The molecule has 1 N–H and O–H groups in total. The van der Waals surface area contributed by atoms with Gasteiger partial charge in [0, 0.05) is 24.6 Å². The molecule has 136 valence electrons. The zero-order valence-electron chi connectivity index (χ0n) is 14.6. The van der Waals surface area contributed by atoms with E-state index in [9.17, 15) is 9.59 Å². The number of nitrogens with one attached hydrogen (secondary N) is 1. The van der Waals surface area contributed by atoms with E-state index in [1.165, 1.54) is 23.3 Å². The van der Waals surface area contributed by atoms with Crippen molar-refractivity contribution in [1.29, 1.82) is 0 Å². The number of anilines is 1. The number of nitrogens with zero attached hydrogens (tertiary/aromatic N) is 1. The number of amides is 2. The third-order valence-corrected chi connectivity index (χ3v) is 6.69. The molecule has 0 radical (unpaired) electrons.